The molecule has 3 aliphatic heterocycles. The highest BCUT2D eigenvalue weighted by Gasteiger charge is 2.47. The number of esters is 1. The second-order valence-electron chi connectivity index (χ2n) is 9.88. The van der Waals surface area contributed by atoms with E-state index in [1.807, 2.05) is 72.4 Å². The monoisotopic (exact) mass is 487 g/mol. The van der Waals surface area contributed by atoms with E-state index in [1.54, 1.807) is 0 Å². The molecule has 5 heteroatoms. The minimum absolute atomic E-state index is 0.00978. The number of carbonyl (C=O) groups is 1. The summed E-state index contributed by atoms with van der Waals surface area (Å²) in [5.74, 6) is 1.46. The number of anilines is 1. The van der Waals surface area contributed by atoms with Gasteiger partial charge < -0.3 is 14.5 Å². The first-order valence-corrected chi connectivity index (χ1v) is 13.8. The van der Waals surface area contributed by atoms with Gasteiger partial charge in [0.15, 0.2) is 12.1 Å². The molecule has 0 aliphatic carbocycles. The summed E-state index contributed by atoms with van der Waals surface area (Å²) in [5.41, 5.74) is 1.86. The molecule has 3 aromatic carbocycles. The number of para-hydroxylation sites is 1. The Bertz CT molecular complexity index is 1070. The van der Waals surface area contributed by atoms with E-state index in [-0.39, 0.29) is 12.1 Å². The standard InChI is InChI=1S/C30H35N2O2S/c33-30(29(25-11-4-1-5-12-25)31-26-13-6-2-7-14-26)34-28-23-32(20-17-24(28)18-21-32)19-10-22-35-27-15-8-3-9-16-27/h1-9,11-16,24,28-29,31H,10,17-23H2/q+1. The van der Waals surface area contributed by atoms with E-state index in [0.717, 1.165) is 40.9 Å². The molecule has 3 fully saturated rings. The third-order valence-electron chi connectivity index (χ3n) is 7.55. The number of rotatable bonds is 10. The van der Waals surface area contributed by atoms with Crippen LogP contribution in [-0.2, 0) is 9.53 Å². The van der Waals surface area contributed by atoms with Crippen LogP contribution in [-0.4, -0.2) is 48.5 Å². The number of nitrogens with one attached hydrogen (secondary N) is 1. The number of ether oxygens (including phenoxy) is 1. The smallest absolute Gasteiger partial charge is 0.333 e. The third kappa shape index (κ3) is 6.09. The second kappa shape index (κ2) is 11.3. The lowest BCUT2D eigenvalue weighted by Gasteiger charge is -2.52. The molecule has 3 aliphatic rings. The van der Waals surface area contributed by atoms with E-state index < -0.39 is 6.04 Å². The number of fused-ring (bicyclic) bond motifs is 3. The predicted octanol–water partition coefficient (Wildman–Crippen LogP) is 6.17. The van der Waals surface area contributed by atoms with Gasteiger partial charge in [-0.15, -0.1) is 11.8 Å². The van der Waals surface area contributed by atoms with Crippen LogP contribution < -0.4 is 5.32 Å². The lowest BCUT2D eigenvalue weighted by atomic mass is 9.83. The molecule has 0 aromatic heterocycles. The highest BCUT2D eigenvalue weighted by atomic mass is 32.2. The molecule has 0 amide bonds. The van der Waals surface area contributed by atoms with Crippen molar-refractivity contribution < 1.29 is 14.0 Å². The Morgan fingerprint density at radius 2 is 1.54 bits per heavy atom. The summed E-state index contributed by atoms with van der Waals surface area (Å²) in [5, 5.41) is 3.41. The predicted molar refractivity (Wildman–Crippen MR) is 143 cm³/mol. The SMILES string of the molecule is O=C(OC1C[N+]2(CCCSc3ccccc3)CCC1CC2)C(Nc1ccccc1)c1ccccc1. The molecule has 6 rings (SSSR count). The summed E-state index contributed by atoms with van der Waals surface area (Å²) in [4.78, 5) is 14.9. The van der Waals surface area contributed by atoms with E-state index in [9.17, 15) is 4.79 Å². The van der Waals surface area contributed by atoms with Crippen molar-refractivity contribution in [2.24, 2.45) is 5.92 Å². The number of quaternary nitrogens is 1. The molecule has 0 radical (unpaired) electrons. The van der Waals surface area contributed by atoms with Gasteiger partial charge in [0.05, 0.1) is 19.6 Å². The first-order valence-electron chi connectivity index (χ1n) is 12.8. The average molecular weight is 488 g/mol. The van der Waals surface area contributed by atoms with E-state index in [4.69, 9.17) is 4.74 Å². The molecular weight excluding hydrogens is 452 g/mol. The Labute approximate surface area is 213 Å². The van der Waals surface area contributed by atoms with Crippen LogP contribution in [0, 0.1) is 5.92 Å². The first-order chi connectivity index (χ1) is 17.2. The minimum atomic E-state index is -0.509. The zero-order valence-corrected chi connectivity index (χ0v) is 21.0. The normalized spacial score (nSPS) is 24.0. The van der Waals surface area contributed by atoms with Gasteiger partial charge in [0, 0.05) is 41.5 Å². The van der Waals surface area contributed by atoms with Gasteiger partial charge in [0.1, 0.15) is 6.54 Å². The van der Waals surface area contributed by atoms with Crippen LogP contribution in [0.1, 0.15) is 30.9 Å². The topological polar surface area (TPSA) is 38.3 Å². The number of carbonyl (C=O) groups excluding carboxylic acids is 1. The van der Waals surface area contributed by atoms with Crippen LogP contribution in [0.5, 0.6) is 0 Å². The van der Waals surface area contributed by atoms with Gasteiger partial charge in [-0.25, -0.2) is 4.79 Å². The van der Waals surface area contributed by atoms with Gasteiger partial charge in [-0.05, 0) is 29.8 Å². The van der Waals surface area contributed by atoms with Gasteiger partial charge in [0.2, 0.25) is 0 Å². The maximum absolute atomic E-state index is 13.5. The van der Waals surface area contributed by atoms with Crippen molar-refractivity contribution in [3.63, 3.8) is 0 Å². The van der Waals surface area contributed by atoms with Crippen molar-refractivity contribution in [3.05, 3.63) is 96.6 Å². The first kappa shape index (κ1) is 24.0. The Kier molecular flexibility index (Phi) is 7.75. The summed E-state index contributed by atoms with van der Waals surface area (Å²) in [6, 6.07) is 30.0. The number of benzene rings is 3. The van der Waals surface area contributed by atoms with Crippen molar-refractivity contribution in [3.8, 4) is 0 Å². The lowest BCUT2D eigenvalue weighted by molar-refractivity contribution is -0.946. The Hall–Kier alpha value is -2.76. The van der Waals surface area contributed by atoms with Crippen molar-refractivity contribution in [1.29, 1.82) is 0 Å². The van der Waals surface area contributed by atoms with E-state index in [0.29, 0.717) is 5.92 Å². The zero-order chi connectivity index (χ0) is 23.9. The fraction of sp³-hybridized carbons (Fsp3) is 0.367. The number of hydrogen-bond acceptors (Lipinski definition) is 4. The molecule has 182 valence electrons. The molecule has 35 heavy (non-hydrogen) atoms. The van der Waals surface area contributed by atoms with Crippen LogP contribution >= 0.6 is 11.8 Å². The highest BCUT2D eigenvalue weighted by Crippen LogP contribution is 2.37. The molecule has 3 saturated heterocycles. The molecule has 0 spiro atoms. The number of piperidine rings is 3. The van der Waals surface area contributed by atoms with Crippen molar-refractivity contribution >= 4 is 23.4 Å². The molecule has 0 saturated carbocycles. The summed E-state index contributed by atoms with van der Waals surface area (Å²) in [6.45, 7) is 4.57. The summed E-state index contributed by atoms with van der Waals surface area (Å²) in [7, 11) is 0. The maximum atomic E-state index is 13.5. The van der Waals surface area contributed by atoms with Gasteiger partial charge in [-0.1, -0.05) is 66.7 Å². The zero-order valence-electron chi connectivity index (χ0n) is 20.2. The second-order valence-corrected chi connectivity index (χ2v) is 11.0. The number of nitrogens with zero attached hydrogens (tertiary/aromatic N) is 1. The van der Waals surface area contributed by atoms with Crippen molar-refractivity contribution in [2.75, 3.05) is 37.2 Å². The van der Waals surface area contributed by atoms with Gasteiger partial charge in [-0.2, -0.15) is 0 Å². The quantitative estimate of drug-likeness (QED) is 0.161. The summed E-state index contributed by atoms with van der Waals surface area (Å²) >= 11 is 1.94. The lowest BCUT2D eigenvalue weighted by Crippen LogP contribution is -2.64. The highest BCUT2D eigenvalue weighted by molar-refractivity contribution is 7.99. The van der Waals surface area contributed by atoms with Crippen LogP contribution in [0.4, 0.5) is 5.69 Å². The molecule has 2 bridgehead atoms. The minimum Gasteiger partial charge on any atom is -0.454 e. The fourth-order valence-corrected chi connectivity index (χ4v) is 6.48. The van der Waals surface area contributed by atoms with E-state index >= 15 is 0 Å². The molecule has 2 unspecified atom stereocenters. The van der Waals surface area contributed by atoms with Crippen LogP contribution in [0.15, 0.2) is 95.9 Å². The van der Waals surface area contributed by atoms with Crippen LogP contribution in [0.25, 0.3) is 0 Å². The number of thioether (sulfide) groups is 1. The van der Waals surface area contributed by atoms with E-state index in [2.05, 4.69) is 35.6 Å². The third-order valence-corrected chi connectivity index (χ3v) is 8.65. The van der Waals surface area contributed by atoms with Gasteiger partial charge in [-0.3, -0.25) is 0 Å². The molecule has 2 atom stereocenters. The largest absolute Gasteiger partial charge is 0.454 e. The van der Waals surface area contributed by atoms with Crippen molar-refractivity contribution in [2.45, 2.75) is 36.3 Å². The van der Waals surface area contributed by atoms with Crippen LogP contribution in [0.3, 0.4) is 0 Å². The Balaban J connectivity index is 1.21. The summed E-state index contributed by atoms with van der Waals surface area (Å²) in [6.07, 6.45) is 3.51. The van der Waals surface area contributed by atoms with Gasteiger partial charge in [0.25, 0.3) is 0 Å². The molecular formula is C30H35N2O2S+. The summed E-state index contributed by atoms with van der Waals surface area (Å²) < 4.78 is 7.40. The Morgan fingerprint density at radius 3 is 2.23 bits per heavy atom. The maximum Gasteiger partial charge on any atom is 0.333 e. The molecule has 3 heterocycles. The van der Waals surface area contributed by atoms with E-state index in [1.165, 1.54) is 31.0 Å². The average Bonchev–Trinajstić information content (AvgIpc) is 2.92. The number of hydrogen-bond donors (Lipinski definition) is 1. The van der Waals surface area contributed by atoms with Crippen molar-refractivity contribution in [1.82, 2.24) is 0 Å². The fourth-order valence-electron chi connectivity index (χ4n) is 5.62. The molecule has 3 aromatic rings. The Morgan fingerprint density at radius 1 is 0.914 bits per heavy atom. The molecule has 4 nitrogen and oxygen atoms in total. The van der Waals surface area contributed by atoms with Gasteiger partial charge >= 0.3 is 5.97 Å². The molecule has 1 N–H and O–H groups in total. The van der Waals surface area contributed by atoms with Crippen LogP contribution in [0.2, 0.25) is 0 Å².